The van der Waals surface area contributed by atoms with Gasteiger partial charge in [0.05, 0.1) is 6.10 Å². The molecule has 4 aliphatic rings. The summed E-state index contributed by atoms with van der Waals surface area (Å²) in [7, 11) is 11.9. The number of methoxy groups -OCH3 is 1. The third kappa shape index (κ3) is 8.90. The molecule has 2 aromatic rings. The Morgan fingerprint density at radius 3 is 1.60 bits per heavy atom. The van der Waals surface area contributed by atoms with Crippen LogP contribution in [0, 0.1) is 84.9 Å². The van der Waals surface area contributed by atoms with E-state index in [1.807, 2.05) is 7.11 Å². The van der Waals surface area contributed by atoms with Crippen molar-refractivity contribution in [3.8, 4) is 0 Å². The van der Waals surface area contributed by atoms with Crippen LogP contribution in [0.3, 0.4) is 0 Å². The first-order chi connectivity index (χ1) is 21.8. The maximum atomic E-state index is 6.49. The zero-order chi connectivity index (χ0) is 33.4. The molecule has 13 unspecified atom stereocenters. The van der Waals surface area contributed by atoms with Crippen molar-refractivity contribution in [1.29, 1.82) is 0 Å². The van der Waals surface area contributed by atoms with Crippen LogP contribution in [0.5, 0.6) is 0 Å². The molecule has 4 saturated carbocycles. The minimum absolute atomic E-state index is 0. The summed E-state index contributed by atoms with van der Waals surface area (Å²) in [5.41, 5.74) is 3.76. The number of hydrogen-bond acceptors (Lipinski definition) is 1. The van der Waals surface area contributed by atoms with Gasteiger partial charge in [0.25, 0.3) is 0 Å². The number of fused-ring (bicyclic) bond motifs is 2. The van der Waals surface area contributed by atoms with Crippen molar-refractivity contribution in [3.05, 3.63) is 86.6 Å². The van der Waals surface area contributed by atoms with Gasteiger partial charge in [0.1, 0.15) is 0 Å². The van der Waals surface area contributed by atoms with Crippen molar-refractivity contribution < 1.29 is 25.6 Å². The zero-order valence-electron chi connectivity index (χ0n) is 32.2. The van der Waals surface area contributed by atoms with Crippen molar-refractivity contribution in [3.63, 3.8) is 0 Å². The van der Waals surface area contributed by atoms with Crippen LogP contribution in [0.25, 0.3) is 0 Å². The summed E-state index contributed by atoms with van der Waals surface area (Å²) in [6.45, 7) is 20.2. The monoisotopic (exact) mass is 772 g/mol. The molecule has 0 spiro atoms. The summed E-state index contributed by atoms with van der Waals surface area (Å²) in [5.74, 6) is 9.29. The molecule has 2 aromatic carbocycles. The molecule has 0 bridgehead atoms. The Bertz CT molecular complexity index is 1220. The van der Waals surface area contributed by atoms with Crippen LogP contribution in [0.4, 0.5) is 0 Å². The second kappa shape index (κ2) is 17.6. The predicted octanol–water partition coefficient (Wildman–Crippen LogP) is 13.5. The molecule has 0 aromatic heterocycles. The van der Waals surface area contributed by atoms with Gasteiger partial charge >= 0.3 is 37.9 Å². The van der Waals surface area contributed by atoms with Gasteiger partial charge in [-0.1, -0.05) is 116 Å². The molecule has 4 fully saturated rings. The molecule has 4 aliphatic carbocycles. The topological polar surface area (TPSA) is 9.23 Å². The third-order valence-electron chi connectivity index (χ3n) is 13.9. The second-order valence-corrected chi connectivity index (χ2v) is 21.8. The predicted molar refractivity (Wildman–Crippen MR) is 207 cm³/mol. The minimum atomic E-state index is -0.826. The Morgan fingerprint density at radius 2 is 1.12 bits per heavy atom. The molecule has 0 saturated heterocycles. The van der Waals surface area contributed by atoms with E-state index in [-0.39, 0.29) is 20.3 Å². The zero-order valence-corrected chi connectivity index (χ0v) is 36.2. The molecule has 0 heterocycles. The van der Waals surface area contributed by atoms with Crippen LogP contribution in [-0.4, -0.2) is 13.2 Å². The number of benzene rings is 2. The van der Waals surface area contributed by atoms with Crippen molar-refractivity contribution in [2.75, 3.05) is 7.11 Å². The summed E-state index contributed by atoms with van der Waals surface area (Å²) in [4.78, 5) is 0. The van der Waals surface area contributed by atoms with Gasteiger partial charge in [-0.2, -0.15) is 0 Å². The van der Waals surface area contributed by atoms with Crippen LogP contribution in [-0.2, 0) is 25.6 Å². The second-order valence-electron chi connectivity index (χ2n) is 18.1. The third-order valence-corrected chi connectivity index (χ3v) is 13.9. The van der Waals surface area contributed by atoms with Gasteiger partial charge in [0, 0.05) is 13.0 Å². The van der Waals surface area contributed by atoms with E-state index < -0.39 is 20.8 Å². The Hall–Kier alpha value is -0.137. The van der Waals surface area contributed by atoms with E-state index in [2.05, 4.69) is 116 Å². The molecule has 1 nitrogen and oxygen atoms in total. The average Bonchev–Trinajstić information content (AvgIpc) is 3.50. The van der Waals surface area contributed by atoms with Gasteiger partial charge in [-0.25, -0.2) is 0 Å². The van der Waals surface area contributed by atoms with Gasteiger partial charge in [0.15, 0.2) is 0 Å². The van der Waals surface area contributed by atoms with Gasteiger partial charge < -0.3 is 19.6 Å². The van der Waals surface area contributed by atoms with Crippen molar-refractivity contribution in [2.24, 2.45) is 70.0 Å². The van der Waals surface area contributed by atoms with Crippen molar-refractivity contribution in [1.82, 2.24) is 0 Å². The van der Waals surface area contributed by atoms with Crippen LogP contribution in [0.15, 0.2) is 60.7 Å². The Labute approximate surface area is 316 Å². The molecule has 13 atom stereocenters. The molecule has 48 heavy (non-hydrogen) atoms. The van der Waals surface area contributed by atoms with E-state index in [0.717, 1.165) is 59.2 Å². The summed E-state index contributed by atoms with van der Waals surface area (Å²) in [6.07, 6.45) is 8.74. The number of halogens is 2. The molecule has 0 aliphatic heterocycles. The Kier molecular flexibility index (Phi) is 15.5. The van der Waals surface area contributed by atoms with E-state index in [0.29, 0.717) is 23.4 Å². The maximum absolute atomic E-state index is 6.49. The SMILES string of the molecule is COC1C(c2ccccc2)C2CC(C)C(CC3C(C)CC4C(c5ccccc5)CC(C(C)(C)C)CC34)C2CC1C(C)(C)C.[CH3-].[CH3-].[Cl][Zr+2][Cl]. The van der Waals surface area contributed by atoms with E-state index in [9.17, 15) is 0 Å². The number of hydrogen-bond donors (Lipinski definition) is 0. The van der Waals surface area contributed by atoms with Crippen LogP contribution >= 0.6 is 17.0 Å². The van der Waals surface area contributed by atoms with Gasteiger partial charge in [0.2, 0.25) is 0 Å². The van der Waals surface area contributed by atoms with E-state index >= 15 is 0 Å². The van der Waals surface area contributed by atoms with Gasteiger partial charge in [-0.15, -0.1) is 0 Å². The fourth-order valence-corrected chi connectivity index (χ4v) is 11.6. The van der Waals surface area contributed by atoms with Crippen molar-refractivity contribution >= 4 is 17.0 Å². The first kappa shape index (κ1) is 42.3. The molecular weight excluding hydrogens is 707 g/mol. The molecule has 0 radical (unpaired) electrons. The molecule has 268 valence electrons. The summed E-state index contributed by atoms with van der Waals surface area (Å²) >= 11 is -0.826. The molecule has 4 heteroatoms. The van der Waals surface area contributed by atoms with Crippen molar-refractivity contribution in [2.45, 2.75) is 112 Å². The fourth-order valence-electron chi connectivity index (χ4n) is 11.6. The number of ether oxygens (including phenoxy) is 1. The van der Waals surface area contributed by atoms with Gasteiger partial charge in [-0.05, 0) is 126 Å². The van der Waals surface area contributed by atoms with E-state index in [1.165, 1.54) is 44.1 Å². The molecule has 0 N–H and O–H groups in total. The fraction of sp³-hybridized carbons (Fsp3) is 0.682. The summed E-state index contributed by atoms with van der Waals surface area (Å²) in [5, 5.41) is 0. The van der Waals surface area contributed by atoms with Crippen LogP contribution < -0.4 is 0 Å². The summed E-state index contributed by atoms with van der Waals surface area (Å²) < 4.78 is 6.49. The quantitative estimate of drug-likeness (QED) is 0.275. The molecule has 0 amide bonds. The molecule has 6 rings (SSSR count). The molecular formula is C44H68Cl2OZr. The van der Waals surface area contributed by atoms with Gasteiger partial charge in [-0.3, -0.25) is 0 Å². The standard InChI is InChI=1S/C42H62O.2CH3.2ClH.Zr/c1-26-20-34-33(28-16-12-10-13-17-28)22-30(41(3,4)5)23-35(34)31(26)24-32-27(2)21-37-36(32)25-38(42(6,7)8)40(43-9)39(37)29-18-14-11-15-19-29;;;;;/h10-19,26-27,30-40H,20-25H2,1-9H3;2*1H3;2*1H;/q;2*-1;;;+4/p-2. The van der Waals surface area contributed by atoms with Crippen LogP contribution in [0.1, 0.15) is 117 Å². The van der Waals surface area contributed by atoms with E-state index in [1.54, 1.807) is 5.56 Å². The number of rotatable bonds is 5. The average molecular weight is 775 g/mol. The normalized spacial score (nSPS) is 37.4. The first-order valence-corrected chi connectivity index (χ1v) is 24.7. The van der Waals surface area contributed by atoms with E-state index in [4.69, 9.17) is 21.8 Å². The first-order valence-electron chi connectivity index (χ1n) is 18.4. The van der Waals surface area contributed by atoms with Crippen LogP contribution in [0.2, 0.25) is 0 Å². The Morgan fingerprint density at radius 1 is 0.646 bits per heavy atom. The summed E-state index contributed by atoms with van der Waals surface area (Å²) in [6, 6.07) is 23.2. The Balaban J connectivity index is 0.00000121.